The summed E-state index contributed by atoms with van der Waals surface area (Å²) in [6.45, 7) is 1.79. The van der Waals surface area contributed by atoms with Gasteiger partial charge in [-0.2, -0.15) is 4.68 Å². The van der Waals surface area contributed by atoms with Crippen molar-refractivity contribution in [2.45, 2.75) is 30.8 Å². The average molecular weight is 347 g/mol. The molecule has 1 saturated heterocycles. The zero-order valence-corrected chi connectivity index (χ0v) is 14.5. The van der Waals surface area contributed by atoms with Crippen LogP contribution in [0, 0.1) is 0 Å². The van der Waals surface area contributed by atoms with E-state index in [0.29, 0.717) is 17.3 Å². The Morgan fingerprint density at radius 1 is 1.21 bits per heavy atom. The van der Waals surface area contributed by atoms with Gasteiger partial charge in [-0.05, 0) is 54.0 Å². The highest BCUT2D eigenvalue weighted by Gasteiger charge is 2.17. The molecule has 8 heteroatoms. The summed E-state index contributed by atoms with van der Waals surface area (Å²) < 4.78 is 6.83. The molecule has 7 nitrogen and oxygen atoms in total. The van der Waals surface area contributed by atoms with Crippen LogP contribution >= 0.6 is 11.8 Å². The average Bonchev–Trinajstić information content (AvgIpc) is 3.11. The molecule has 1 aromatic heterocycles. The van der Waals surface area contributed by atoms with E-state index < -0.39 is 0 Å². The Morgan fingerprint density at radius 2 is 1.96 bits per heavy atom. The minimum absolute atomic E-state index is 0.227. The van der Waals surface area contributed by atoms with Crippen molar-refractivity contribution >= 4 is 17.7 Å². The highest BCUT2D eigenvalue weighted by atomic mass is 32.2. The van der Waals surface area contributed by atoms with Gasteiger partial charge < -0.3 is 9.64 Å². The summed E-state index contributed by atoms with van der Waals surface area (Å²) in [7, 11) is 1.63. The summed E-state index contributed by atoms with van der Waals surface area (Å²) in [5.74, 6) is 1.69. The van der Waals surface area contributed by atoms with Gasteiger partial charge in [0.2, 0.25) is 11.1 Å². The molecule has 128 valence electrons. The molecule has 0 radical (unpaired) electrons. The van der Waals surface area contributed by atoms with Gasteiger partial charge in [0.1, 0.15) is 5.75 Å². The van der Waals surface area contributed by atoms with Crippen LogP contribution in [0.2, 0.25) is 0 Å². The van der Waals surface area contributed by atoms with E-state index in [2.05, 4.69) is 15.5 Å². The minimum atomic E-state index is 0.227. The van der Waals surface area contributed by atoms with Crippen molar-refractivity contribution in [3.63, 3.8) is 0 Å². The monoisotopic (exact) mass is 347 g/mol. The Balaban J connectivity index is 1.56. The lowest BCUT2D eigenvalue weighted by molar-refractivity contribution is -0.131. The second-order valence-corrected chi connectivity index (χ2v) is 6.67. The van der Waals surface area contributed by atoms with Crippen LogP contribution in [0.3, 0.4) is 0 Å². The molecule has 1 aliphatic heterocycles. The number of thioether (sulfide) groups is 1. The van der Waals surface area contributed by atoms with Crippen LogP contribution in [0.4, 0.5) is 0 Å². The normalized spacial score (nSPS) is 14.6. The maximum absolute atomic E-state index is 12.2. The number of carbonyl (C=O) groups excluding carboxylic acids is 1. The van der Waals surface area contributed by atoms with Crippen LogP contribution < -0.4 is 4.74 Å². The zero-order chi connectivity index (χ0) is 16.8. The van der Waals surface area contributed by atoms with Crippen LogP contribution in [-0.4, -0.2) is 57.0 Å². The van der Waals surface area contributed by atoms with Gasteiger partial charge in [0, 0.05) is 25.3 Å². The molecule has 0 unspecified atom stereocenters. The number of methoxy groups -OCH3 is 1. The van der Waals surface area contributed by atoms with E-state index in [4.69, 9.17) is 4.74 Å². The standard InChI is InChI=1S/C16H21N5O2S/c1-23-14-7-5-13(6-8-14)21-16(17-18-19-21)24-12-9-15(22)20-10-3-2-4-11-20/h5-8H,2-4,9-12H2,1H3. The second-order valence-electron chi connectivity index (χ2n) is 5.61. The topological polar surface area (TPSA) is 73.1 Å². The van der Waals surface area contributed by atoms with E-state index in [0.717, 1.165) is 37.4 Å². The molecule has 0 N–H and O–H groups in total. The number of ether oxygens (including phenoxy) is 1. The van der Waals surface area contributed by atoms with Gasteiger partial charge in [-0.25, -0.2) is 0 Å². The SMILES string of the molecule is COc1ccc(-n2nnnc2SCCC(=O)N2CCCCC2)cc1. The Bertz CT molecular complexity index is 667. The van der Waals surface area contributed by atoms with E-state index in [-0.39, 0.29) is 5.91 Å². The summed E-state index contributed by atoms with van der Waals surface area (Å²) >= 11 is 1.50. The number of likely N-dealkylation sites (tertiary alicyclic amines) is 1. The maximum atomic E-state index is 12.2. The fourth-order valence-corrected chi connectivity index (χ4v) is 3.50. The molecule has 1 amide bonds. The lowest BCUT2D eigenvalue weighted by Crippen LogP contribution is -2.35. The summed E-state index contributed by atoms with van der Waals surface area (Å²) in [5, 5.41) is 12.5. The van der Waals surface area contributed by atoms with Crippen molar-refractivity contribution in [3.8, 4) is 11.4 Å². The summed E-state index contributed by atoms with van der Waals surface area (Å²) in [4.78, 5) is 14.2. The molecule has 1 aliphatic rings. The third-order valence-corrected chi connectivity index (χ3v) is 4.93. The van der Waals surface area contributed by atoms with Gasteiger partial charge in [0.05, 0.1) is 12.8 Å². The fourth-order valence-electron chi connectivity index (χ4n) is 2.69. The molecule has 0 saturated carbocycles. The summed E-state index contributed by atoms with van der Waals surface area (Å²) in [6, 6.07) is 7.53. The first-order chi connectivity index (χ1) is 11.8. The number of carbonyl (C=O) groups is 1. The molecule has 2 aromatic rings. The van der Waals surface area contributed by atoms with Crippen molar-refractivity contribution in [1.29, 1.82) is 0 Å². The van der Waals surface area contributed by atoms with E-state index in [9.17, 15) is 4.79 Å². The van der Waals surface area contributed by atoms with Crippen molar-refractivity contribution in [1.82, 2.24) is 25.1 Å². The summed E-state index contributed by atoms with van der Waals surface area (Å²) in [6.07, 6.45) is 3.98. The van der Waals surface area contributed by atoms with Crippen molar-refractivity contribution in [2.75, 3.05) is 26.0 Å². The first kappa shape index (κ1) is 16.8. The third-order valence-electron chi connectivity index (χ3n) is 4.01. The van der Waals surface area contributed by atoms with Gasteiger partial charge in [-0.3, -0.25) is 4.79 Å². The van der Waals surface area contributed by atoms with Crippen LogP contribution in [0.25, 0.3) is 5.69 Å². The number of tetrazole rings is 1. The van der Waals surface area contributed by atoms with Crippen molar-refractivity contribution < 1.29 is 9.53 Å². The number of aromatic nitrogens is 4. The first-order valence-electron chi connectivity index (χ1n) is 8.11. The molecular weight excluding hydrogens is 326 g/mol. The smallest absolute Gasteiger partial charge is 0.223 e. The highest BCUT2D eigenvalue weighted by molar-refractivity contribution is 7.99. The van der Waals surface area contributed by atoms with Gasteiger partial charge >= 0.3 is 0 Å². The van der Waals surface area contributed by atoms with Gasteiger partial charge in [0.25, 0.3) is 0 Å². The Hall–Kier alpha value is -2.09. The van der Waals surface area contributed by atoms with Gasteiger partial charge in [0.15, 0.2) is 0 Å². The quantitative estimate of drug-likeness (QED) is 0.746. The van der Waals surface area contributed by atoms with E-state index in [1.807, 2.05) is 29.2 Å². The van der Waals surface area contributed by atoms with Gasteiger partial charge in [-0.1, -0.05) is 11.8 Å². The molecule has 0 bridgehead atoms. The second kappa shape index (κ2) is 8.14. The largest absolute Gasteiger partial charge is 0.497 e. The predicted molar refractivity (Wildman–Crippen MR) is 91.5 cm³/mol. The lowest BCUT2D eigenvalue weighted by Gasteiger charge is -2.26. The highest BCUT2D eigenvalue weighted by Crippen LogP contribution is 2.21. The molecular formula is C16H21N5O2S. The first-order valence-corrected chi connectivity index (χ1v) is 9.10. The number of rotatable bonds is 6. The van der Waals surface area contributed by atoms with E-state index >= 15 is 0 Å². The van der Waals surface area contributed by atoms with Crippen LogP contribution in [0.15, 0.2) is 29.4 Å². The van der Waals surface area contributed by atoms with E-state index in [1.165, 1.54) is 18.2 Å². The van der Waals surface area contributed by atoms with Crippen LogP contribution in [0.1, 0.15) is 25.7 Å². The fraction of sp³-hybridized carbons (Fsp3) is 0.500. The predicted octanol–water partition coefficient (Wildman–Crippen LogP) is 2.17. The lowest BCUT2D eigenvalue weighted by atomic mass is 10.1. The number of amides is 1. The molecule has 3 rings (SSSR count). The number of hydrogen-bond donors (Lipinski definition) is 0. The number of benzene rings is 1. The number of hydrogen-bond acceptors (Lipinski definition) is 6. The van der Waals surface area contributed by atoms with Gasteiger partial charge in [-0.15, -0.1) is 5.10 Å². The molecule has 0 spiro atoms. The summed E-state index contributed by atoms with van der Waals surface area (Å²) in [5.41, 5.74) is 0.866. The maximum Gasteiger partial charge on any atom is 0.223 e. The Morgan fingerprint density at radius 3 is 2.67 bits per heavy atom. The molecule has 2 heterocycles. The number of nitrogens with zero attached hydrogens (tertiary/aromatic N) is 5. The van der Waals surface area contributed by atoms with Crippen LogP contribution in [-0.2, 0) is 4.79 Å². The number of piperidine rings is 1. The molecule has 0 aliphatic carbocycles. The molecule has 1 aromatic carbocycles. The molecule has 1 fully saturated rings. The Kier molecular flexibility index (Phi) is 5.68. The van der Waals surface area contributed by atoms with E-state index in [1.54, 1.807) is 11.8 Å². The van der Waals surface area contributed by atoms with Crippen LogP contribution in [0.5, 0.6) is 5.75 Å². The molecule has 0 atom stereocenters. The van der Waals surface area contributed by atoms with Crippen molar-refractivity contribution in [2.24, 2.45) is 0 Å². The van der Waals surface area contributed by atoms with Crippen molar-refractivity contribution in [3.05, 3.63) is 24.3 Å². The minimum Gasteiger partial charge on any atom is -0.497 e. The third kappa shape index (κ3) is 4.05. The molecule has 24 heavy (non-hydrogen) atoms. The Labute approximate surface area is 145 Å². The zero-order valence-electron chi connectivity index (χ0n) is 13.7.